The van der Waals surface area contributed by atoms with Gasteiger partial charge >= 0.3 is 0 Å². The van der Waals surface area contributed by atoms with Gasteiger partial charge < -0.3 is 0 Å². The number of hydrogen-bond donors (Lipinski definition) is 1. The zero-order valence-corrected chi connectivity index (χ0v) is 16.8. The molecular formula is C22H15ClFN5O. The molecule has 2 aromatic carbocycles. The largest absolute Gasteiger partial charge is 0.272 e. The fourth-order valence-electron chi connectivity index (χ4n) is 3.29. The second kappa shape index (κ2) is 7.58. The van der Waals surface area contributed by atoms with Crippen molar-refractivity contribution in [3.8, 4) is 17.2 Å². The Bertz CT molecular complexity index is 1430. The number of aryl methyl sites for hydroxylation is 2. The lowest BCUT2D eigenvalue weighted by Crippen LogP contribution is -2.09. The van der Waals surface area contributed by atoms with Crippen LogP contribution in [0.3, 0.4) is 0 Å². The summed E-state index contributed by atoms with van der Waals surface area (Å²) in [5.41, 5.74) is 3.36. The summed E-state index contributed by atoms with van der Waals surface area (Å²) in [7, 11) is 1.76. The lowest BCUT2D eigenvalue weighted by molar-refractivity contribution is 0.628. The summed E-state index contributed by atoms with van der Waals surface area (Å²) in [6.07, 6.45) is 3.33. The number of aromatic amines is 1. The molecule has 0 radical (unpaired) electrons. The molecule has 4 aromatic rings. The maximum Gasteiger partial charge on any atom is 0.272 e. The number of nitrogens with zero attached hydrogens (tertiary/aromatic N) is 4. The van der Waals surface area contributed by atoms with Gasteiger partial charge in [0.15, 0.2) is 0 Å². The van der Waals surface area contributed by atoms with Gasteiger partial charge in [-0.05, 0) is 48.4 Å². The third kappa shape index (κ3) is 3.38. The summed E-state index contributed by atoms with van der Waals surface area (Å²) in [4.78, 5) is 12.0. The zero-order chi connectivity index (χ0) is 21.4. The van der Waals surface area contributed by atoms with Crippen molar-refractivity contribution >= 4 is 34.0 Å². The standard InChI is InChI=1S/C22H15ClFN5O/c1-12-17-7-14(3-5-16(17)22(30)28-27-12)18-11-26-29(2)21(18)9-15(10-25)13-4-6-19(23)20(24)8-13/h3-9,11H,1-2H3,(H,28,30). The highest BCUT2D eigenvalue weighted by molar-refractivity contribution is 6.30. The van der Waals surface area contributed by atoms with Crippen molar-refractivity contribution < 1.29 is 4.39 Å². The van der Waals surface area contributed by atoms with Crippen LogP contribution in [0.25, 0.3) is 33.5 Å². The average molecular weight is 420 g/mol. The number of aromatic nitrogens is 4. The molecule has 8 heteroatoms. The van der Waals surface area contributed by atoms with Crippen molar-refractivity contribution in [1.29, 1.82) is 5.26 Å². The number of nitrogens with one attached hydrogen (secondary N) is 1. The Labute approximate surface area is 175 Å². The number of hydrogen-bond acceptors (Lipinski definition) is 4. The maximum atomic E-state index is 13.9. The van der Waals surface area contributed by atoms with Gasteiger partial charge in [0.2, 0.25) is 0 Å². The highest BCUT2D eigenvalue weighted by Gasteiger charge is 2.14. The van der Waals surface area contributed by atoms with E-state index in [9.17, 15) is 14.4 Å². The molecule has 0 fully saturated rings. The number of halogens is 2. The predicted octanol–water partition coefficient (Wildman–Crippen LogP) is 4.49. The van der Waals surface area contributed by atoms with Gasteiger partial charge in [0.25, 0.3) is 5.56 Å². The lowest BCUT2D eigenvalue weighted by Gasteiger charge is -2.07. The van der Waals surface area contributed by atoms with Crippen molar-refractivity contribution in [2.24, 2.45) is 7.05 Å². The minimum atomic E-state index is -0.594. The van der Waals surface area contributed by atoms with E-state index in [1.807, 2.05) is 19.1 Å². The van der Waals surface area contributed by atoms with Crippen LogP contribution in [-0.2, 0) is 7.05 Å². The summed E-state index contributed by atoms with van der Waals surface area (Å²) < 4.78 is 15.5. The third-order valence-electron chi connectivity index (χ3n) is 4.91. The molecule has 0 aliphatic rings. The van der Waals surface area contributed by atoms with Crippen LogP contribution in [0.1, 0.15) is 17.0 Å². The van der Waals surface area contributed by atoms with E-state index in [0.29, 0.717) is 22.3 Å². The summed E-state index contributed by atoms with van der Waals surface area (Å²) >= 11 is 5.75. The first-order chi connectivity index (χ1) is 14.4. The van der Waals surface area contributed by atoms with Crippen molar-refractivity contribution in [3.05, 3.63) is 80.7 Å². The predicted molar refractivity (Wildman–Crippen MR) is 114 cm³/mol. The van der Waals surface area contributed by atoms with E-state index in [1.165, 1.54) is 12.1 Å². The second-order valence-electron chi connectivity index (χ2n) is 6.76. The van der Waals surface area contributed by atoms with Gasteiger partial charge in [-0.3, -0.25) is 9.48 Å². The van der Waals surface area contributed by atoms with Gasteiger partial charge in [-0.2, -0.15) is 15.5 Å². The van der Waals surface area contributed by atoms with Gasteiger partial charge in [0, 0.05) is 18.0 Å². The Hall–Kier alpha value is -3.76. The first-order valence-corrected chi connectivity index (χ1v) is 9.35. The van der Waals surface area contributed by atoms with E-state index in [1.54, 1.807) is 36.1 Å². The molecule has 0 atom stereocenters. The molecular weight excluding hydrogens is 405 g/mol. The highest BCUT2D eigenvalue weighted by atomic mass is 35.5. The Morgan fingerprint density at radius 3 is 2.80 bits per heavy atom. The number of nitriles is 1. The zero-order valence-electron chi connectivity index (χ0n) is 16.1. The van der Waals surface area contributed by atoms with E-state index in [-0.39, 0.29) is 16.2 Å². The molecule has 0 unspecified atom stereocenters. The van der Waals surface area contributed by atoms with Gasteiger partial charge in [-0.15, -0.1) is 0 Å². The normalized spacial score (nSPS) is 11.6. The minimum Gasteiger partial charge on any atom is -0.268 e. The van der Waals surface area contributed by atoms with Crippen molar-refractivity contribution in [2.45, 2.75) is 6.92 Å². The first kappa shape index (κ1) is 19.6. The Morgan fingerprint density at radius 1 is 1.27 bits per heavy atom. The molecule has 1 N–H and O–H groups in total. The van der Waals surface area contributed by atoms with Gasteiger partial charge in [0.05, 0.1) is 39.6 Å². The number of H-pyrrole nitrogens is 1. The summed E-state index contributed by atoms with van der Waals surface area (Å²) in [5, 5.41) is 21.7. The molecule has 2 aromatic heterocycles. The van der Waals surface area contributed by atoms with Crippen LogP contribution in [-0.4, -0.2) is 20.0 Å². The monoisotopic (exact) mass is 419 g/mol. The molecule has 0 amide bonds. The van der Waals surface area contributed by atoms with Crippen LogP contribution in [0, 0.1) is 24.1 Å². The van der Waals surface area contributed by atoms with Crippen molar-refractivity contribution in [2.75, 3.05) is 0 Å². The molecule has 2 heterocycles. The van der Waals surface area contributed by atoms with E-state index >= 15 is 0 Å². The minimum absolute atomic E-state index is 0.00704. The van der Waals surface area contributed by atoms with E-state index < -0.39 is 5.82 Å². The molecule has 0 spiro atoms. The van der Waals surface area contributed by atoms with Crippen LogP contribution < -0.4 is 5.56 Å². The Morgan fingerprint density at radius 2 is 2.07 bits per heavy atom. The molecule has 30 heavy (non-hydrogen) atoms. The molecule has 148 valence electrons. The molecule has 0 aliphatic heterocycles. The number of rotatable bonds is 3. The molecule has 6 nitrogen and oxygen atoms in total. The quantitative estimate of drug-likeness (QED) is 0.495. The topological polar surface area (TPSA) is 87.4 Å². The van der Waals surface area contributed by atoms with Crippen LogP contribution in [0.4, 0.5) is 4.39 Å². The SMILES string of the molecule is Cc1n[nH]c(=O)c2ccc(-c3cnn(C)c3C=C(C#N)c3ccc(Cl)c(F)c3)cc12. The average Bonchev–Trinajstić information content (AvgIpc) is 3.11. The van der Waals surface area contributed by atoms with Crippen LogP contribution in [0.5, 0.6) is 0 Å². The number of fused-ring (bicyclic) bond motifs is 1. The third-order valence-corrected chi connectivity index (χ3v) is 5.21. The van der Waals surface area contributed by atoms with Gasteiger partial charge in [0.1, 0.15) is 5.82 Å². The molecule has 0 saturated heterocycles. The van der Waals surface area contributed by atoms with Gasteiger partial charge in [-0.25, -0.2) is 9.49 Å². The van der Waals surface area contributed by atoms with Crippen LogP contribution in [0.2, 0.25) is 5.02 Å². The summed E-state index contributed by atoms with van der Waals surface area (Å²) in [6, 6.07) is 11.8. The van der Waals surface area contributed by atoms with Crippen LogP contribution >= 0.6 is 11.6 Å². The lowest BCUT2D eigenvalue weighted by atomic mass is 9.99. The summed E-state index contributed by atoms with van der Waals surface area (Å²) in [6.45, 7) is 1.81. The maximum absolute atomic E-state index is 13.9. The number of benzene rings is 2. The first-order valence-electron chi connectivity index (χ1n) is 8.97. The molecule has 0 saturated carbocycles. The molecule has 0 bridgehead atoms. The second-order valence-corrected chi connectivity index (χ2v) is 7.17. The smallest absolute Gasteiger partial charge is 0.268 e. The molecule has 4 rings (SSSR count). The molecule has 0 aliphatic carbocycles. The summed E-state index contributed by atoms with van der Waals surface area (Å²) in [5.74, 6) is -0.594. The van der Waals surface area contributed by atoms with E-state index in [2.05, 4.69) is 21.4 Å². The fourth-order valence-corrected chi connectivity index (χ4v) is 3.40. The fraction of sp³-hybridized carbons (Fsp3) is 0.0909. The van der Waals surface area contributed by atoms with Crippen molar-refractivity contribution in [3.63, 3.8) is 0 Å². The van der Waals surface area contributed by atoms with Gasteiger partial charge in [-0.1, -0.05) is 23.7 Å². The highest BCUT2D eigenvalue weighted by Crippen LogP contribution is 2.30. The van der Waals surface area contributed by atoms with E-state index in [4.69, 9.17) is 11.6 Å². The van der Waals surface area contributed by atoms with Crippen LogP contribution in [0.15, 0.2) is 47.4 Å². The number of allylic oxidation sites excluding steroid dienone is 1. The Kier molecular flexibility index (Phi) is 4.94. The Balaban J connectivity index is 1.88. The van der Waals surface area contributed by atoms with Crippen molar-refractivity contribution in [1.82, 2.24) is 20.0 Å². The van der Waals surface area contributed by atoms with E-state index in [0.717, 1.165) is 16.5 Å².